The van der Waals surface area contributed by atoms with Crippen molar-refractivity contribution in [2.75, 3.05) is 27.2 Å². The first-order chi connectivity index (χ1) is 8.16. The molecule has 0 spiro atoms. The van der Waals surface area contributed by atoms with E-state index in [4.69, 9.17) is 0 Å². The van der Waals surface area contributed by atoms with E-state index in [1.807, 2.05) is 11.7 Å². The molecule has 1 amide bonds. The number of hydrogen-bond donors (Lipinski definition) is 0. The Labute approximate surface area is 101 Å². The molecule has 5 nitrogen and oxygen atoms in total. The molecule has 92 valence electrons. The predicted molar refractivity (Wildman–Crippen MR) is 63.8 cm³/mol. The standard InChI is InChI=1S/C12H18N4O/c1-14-5-3-6-16-10(8-14)9-4-7-15(2)12(17)11(9)13-16/h3-8H2,1-2H3. The van der Waals surface area contributed by atoms with Crippen LogP contribution in [-0.4, -0.2) is 52.7 Å². The lowest BCUT2D eigenvalue weighted by Crippen LogP contribution is -2.34. The summed E-state index contributed by atoms with van der Waals surface area (Å²) in [6.07, 6.45) is 2.05. The SMILES string of the molecule is CN1CCCn2nc3c(c2C1)CCN(C)C3=O. The number of likely N-dealkylation sites (N-methyl/N-ethyl adjacent to an activating group) is 1. The topological polar surface area (TPSA) is 41.4 Å². The largest absolute Gasteiger partial charge is 0.340 e. The van der Waals surface area contributed by atoms with E-state index in [0.29, 0.717) is 5.69 Å². The van der Waals surface area contributed by atoms with Crippen LogP contribution in [0.5, 0.6) is 0 Å². The molecule has 0 radical (unpaired) electrons. The molecule has 3 rings (SSSR count). The third kappa shape index (κ3) is 1.65. The molecule has 0 aliphatic carbocycles. The molecule has 0 saturated carbocycles. The van der Waals surface area contributed by atoms with E-state index in [2.05, 4.69) is 17.0 Å². The number of fused-ring (bicyclic) bond motifs is 3. The Hall–Kier alpha value is -1.36. The van der Waals surface area contributed by atoms with Crippen LogP contribution in [0.15, 0.2) is 0 Å². The Morgan fingerprint density at radius 3 is 2.82 bits per heavy atom. The van der Waals surface area contributed by atoms with E-state index < -0.39 is 0 Å². The number of aryl methyl sites for hydroxylation is 1. The van der Waals surface area contributed by atoms with E-state index in [1.54, 1.807) is 4.90 Å². The molecule has 1 aromatic heterocycles. The van der Waals surface area contributed by atoms with Crippen molar-refractivity contribution in [1.29, 1.82) is 0 Å². The number of carbonyl (C=O) groups is 1. The second-order valence-corrected chi connectivity index (χ2v) is 5.07. The van der Waals surface area contributed by atoms with Crippen LogP contribution in [0.1, 0.15) is 28.2 Å². The van der Waals surface area contributed by atoms with Crippen molar-refractivity contribution in [3.63, 3.8) is 0 Å². The third-order valence-electron chi connectivity index (χ3n) is 3.74. The highest BCUT2D eigenvalue weighted by Gasteiger charge is 2.30. The normalized spacial score (nSPS) is 21.1. The minimum Gasteiger partial charge on any atom is -0.340 e. The quantitative estimate of drug-likeness (QED) is 0.650. The van der Waals surface area contributed by atoms with Crippen LogP contribution in [0.2, 0.25) is 0 Å². The van der Waals surface area contributed by atoms with E-state index in [9.17, 15) is 4.79 Å². The van der Waals surface area contributed by atoms with Crippen LogP contribution in [0.25, 0.3) is 0 Å². The number of rotatable bonds is 0. The van der Waals surface area contributed by atoms with Gasteiger partial charge in [0.15, 0.2) is 5.69 Å². The predicted octanol–water partition coefficient (Wildman–Crippen LogP) is 0.347. The first-order valence-corrected chi connectivity index (χ1v) is 6.19. The molecule has 2 aliphatic heterocycles. The lowest BCUT2D eigenvalue weighted by molar-refractivity contribution is 0.0774. The number of amides is 1. The van der Waals surface area contributed by atoms with Gasteiger partial charge in [-0.3, -0.25) is 9.48 Å². The van der Waals surface area contributed by atoms with Gasteiger partial charge in [-0.05, 0) is 19.9 Å². The maximum atomic E-state index is 12.0. The summed E-state index contributed by atoms with van der Waals surface area (Å²) in [5.74, 6) is 0.0782. The minimum atomic E-state index is 0.0782. The summed E-state index contributed by atoms with van der Waals surface area (Å²) in [6, 6.07) is 0. The number of aromatic nitrogens is 2. The van der Waals surface area contributed by atoms with Crippen molar-refractivity contribution in [3.05, 3.63) is 17.0 Å². The van der Waals surface area contributed by atoms with Gasteiger partial charge in [-0.1, -0.05) is 0 Å². The maximum Gasteiger partial charge on any atom is 0.274 e. The zero-order chi connectivity index (χ0) is 12.0. The van der Waals surface area contributed by atoms with Crippen LogP contribution in [0, 0.1) is 0 Å². The Morgan fingerprint density at radius 2 is 2.00 bits per heavy atom. The minimum absolute atomic E-state index is 0.0782. The molecule has 0 unspecified atom stereocenters. The highest BCUT2D eigenvalue weighted by Crippen LogP contribution is 2.24. The van der Waals surface area contributed by atoms with Crippen molar-refractivity contribution >= 4 is 5.91 Å². The Balaban J connectivity index is 2.06. The van der Waals surface area contributed by atoms with Gasteiger partial charge in [0.1, 0.15) is 0 Å². The summed E-state index contributed by atoms with van der Waals surface area (Å²) in [7, 11) is 3.98. The monoisotopic (exact) mass is 234 g/mol. The Bertz CT molecular complexity index is 465. The fourth-order valence-electron chi connectivity index (χ4n) is 2.72. The van der Waals surface area contributed by atoms with Crippen molar-refractivity contribution < 1.29 is 4.79 Å². The lowest BCUT2D eigenvalue weighted by Gasteiger charge is -2.22. The number of carbonyl (C=O) groups excluding carboxylic acids is 1. The van der Waals surface area contributed by atoms with Gasteiger partial charge in [0, 0.05) is 38.8 Å². The first-order valence-electron chi connectivity index (χ1n) is 6.19. The van der Waals surface area contributed by atoms with Gasteiger partial charge in [0.05, 0.1) is 5.69 Å². The van der Waals surface area contributed by atoms with Crippen LogP contribution in [0.4, 0.5) is 0 Å². The fraction of sp³-hybridized carbons (Fsp3) is 0.667. The van der Waals surface area contributed by atoms with Gasteiger partial charge in [0.25, 0.3) is 5.91 Å². The summed E-state index contributed by atoms with van der Waals surface area (Å²) in [6.45, 7) is 3.77. The summed E-state index contributed by atoms with van der Waals surface area (Å²) < 4.78 is 2.05. The van der Waals surface area contributed by atoms with Crippen LogP contribution >= 0.6 is 0 Å². The van der Waals surface area contributed by atoms with Crippen LogP contribution in [0.3, 0.4) is 0 Å². The van der Waals surface area contributed by atoms with E-state index in [0.717, 1.165) is 39.0 Å². The van der Waals surface area contributed by atoms with Crippen molar-refractivity contribution in [2.24, 2.45) is 0 Å². The van der Waals surface area contributed by atoms with Crippen molar-refractivity contribution in [2.45, 2.75) is 25.9 Å². The summed E-state index contributed by atoms with van der Waals surface area (Å²) in [5.41, 5.74) is 3.12. The van der Waals surface area contributed by atoms with E-state index >= 15 is 0 Å². The van der Waals surface area contributed by atoms with Gasteiger partial charge in [0.2, 0.25) is 0 Å². The highest BCUT2D eigenvalue weighted by molar-refractivity contribution is 5.94. The molecule has 0 N–H and O–H groups in total. The average Bonchev–Trinajstić information content (AvgIpc) is 2.53. The maximum absolute atomic E-state index is 12.0. The molecule has 5 heteroatoms. The molecule has 1 aromatic rings. The van der Waals surface area contributed by atoms with E-state index in [-0.39, 0.29) is 5.91 Å². The molecule has 0 fully saturated rings. The summed E-state index contributed by atoms with van der Waals surface area (Å²) in [5, 5.41) is 4.52. The number of nitrogens with zero attached hydrogens (tertiary/aromatic N) is 4. The van der Waals surface area contributed by atoms with Gasteiger partial charge in [-0.25, -0.2) is 0 Å². The zero-order valence-electron chi connectivity index (χ0n) is 10.4. The van der Waals surface area contributed by atoms with Gasteiger partial charge in [-0.2, -0.15) is 5.10 Å². The Morgan fingerprint density at radius 1 is 1.18 bits per heavy atom. The zero-order valence-corrected chi connectivity index (χ0v) is 10.4. The fourth-order valence-corrected chi connectivity index (χ4v) is 2.72. The smallest absolute Gasteiger partial charge is 0.274 e. The second kappa shape index (κ2) is 3.84. The molecule has 0 atom stereocenters. The van der Waals surface area contributed by atoms with Gasteiger partial charge >= 0.3 is 0 Å². The lowest BCUT2D eigenvalue weighted by atomic mass is 10.0. The highest BCUT2D eigenvalue weighted by atomic mass is 16.2. The molecule has 3 heterocycles. The molecular weight excluding hydrogens is 216 g/mol. The van der Waals surface area contributed by atoms with Crippen LogP contribution < -0.4 is 0 Å². The first kappa shape index (κ1) is 10.8. The third-order valence-corrected chi connectivity index (χ3v) is 3.74. The average molecular weight is 234 g/mol. The Kier molecular flexibility index (Phi) is 2.43. The molecule has 0 bridgehead atoms. The molecule has 17 heavy (non-hydrogen) atoms. The molecule has 0 saturated heterocycles. The molecule has 0 aromatic carbocycles. The second-order valence-electron chi connectivity index (χ2n) is 5.07. The van der Waals surface area contributed by atoms with Gasteiger partial charge in [-0.15, -0.1) is 0 Å². The van der Waals surface area contributed by atoms with Crippen LogP contribution in [-0.2, 0) is 19.5 Å². The summed E-state index contributed by atoms with van der Waals surface area (Å²) >= 11 is 0. The van der Waals surface area contributed by atoms with Gasteiger partial charge < -0.3 is 9.80 Å². The van der Waals surface area contributed by atoms with Crippen molar-refractivity contribution in [1.82, 2.24) is 19.6 Å². The molecular formula is C12H18N4O. The number of hydrogen-bond acceptors (Lipinski definition) is 3. The van der Waals surface area contributed by atoms with E-state index in [1.165, 1.54) is 11.3 Å². The molecule has 2 aliphatic rings. The summed E-state index contributed by atoms with van der Waals surface area (Å²) in [4.78, 5) is 16.1. The van der Waals surface area contributed by atoms with Crippen molar-refractivity contribution in [3.8, 4) is 0 Å².